The number of carbonyl (C=O) groups is 1. The van der Waals surface area contributed by atoms with E-state index in [9.17, 15) is 17.6 Å². The van der Waals surface area contributed by atoms with Crippen molar-refractivity contribution >= 4 is 38.9 Å². The van der Waals surface area contributed by atoms with Crippen molar-refractivity contribution in [1.82, 2.24) is 9.62 Å². The maximum absolute atomic E-state index is 13.3. The lowest BCUT2D eigenvalue weighted by atomic mass is 9.97. The minimum absolute atomic E-state index is 0.0339. The lowest BCUT2D eigenvalue weighted by Crippen LogP contribution is -2.43. The molecule has 1 aromatic heterocycles. The number of nitrogens with zero attached hydrogens (tertiary/aromatic N) is 1. The first-order valence-corrected chi connectivity index (χ1v) is 11.3. The summed E-state index contributed by atoms with van der Waals surface area (Å²) in [4.78, 5) is 13.5. The molecule has 27 heavy (non-hydrogen) atoms. The Morgan fingerprint density at radius 1 is 1.30 bits per heavy atom. The van der Waals surface area contributed by atoms with Gasteiger partial charge in [-0.3, -0.25) is 4.79 Å². The molecule has 0 bridgehead atoms. The summed E-state index contributed by atoms with van der Waals surface area (Å²) < 4.78 is 40.0. The molecule has 1 fully saturated rings. The number of benzene rings is 1. The van der Waals surface area contributed by atoms with E-state index in [2.05, 4.69) is 5.32 Å². The number of carbonyl (C=O) groups excluding carboxylic acids is 1. The van der Waals surface area contributed by atoms with Crippen LogP contribution in [0.25, 0.3) is 0 Å². The molecule has 9 heteroatoms. The van der Waals surface area contributed by atoms with E-state index in [0.717, 1.165) is 18.6 Å². The summed E-state index contributed by atoms with van der Waals surface area (Å²) in [6, 6.07) is 7.38. The van der Waals surface area contributed by atoms with Gasteiger partial charge in [0, 0.05) is 30.4 Å². The van der Waals surface area contributed by atoms with Gasteiger partial charge >= 0.3 is 0 Å². The standard InChI is InChI=1S/C18H20ClFN2O3S2/c19-16-12-15(3-4-17(16)20)27(24,25)22-9-6-13(7-10-22)18(23)21-8-5-14-2-1-11-26-14/h1-4,11-13H,5-10H2,(H,21,23). The Morgan fingerprint density at radius 2 is 2.04 bits per heavy atom. The zero-order valence-electron chi connectivity index (χ0n) is 14.5. The molecule has 0 unspecified atom stereocenters. The highest BCUT2D eigenvalue weighted by molar-refractivity contribution is 7.89. The molecule has 0 spiro atoms. The summed E-state index contributed by atoms with van der Waals surface area (Å²) in [5, 5.41) is 4.71. The van der Waals surface area contributed by atoms with Crippen LogP contribution in [0.3, 0.4) is 0 Å². The first-order valence-electron chi connectivity index (χ1n) is 8.63. The highest BCUT2D eigenvalue weighted by atomic mass is 35.5. The molecule has 5 nitrogen and oxygen atoms in total. The quantitative estimate of drug-likeness (QED) is 0.764. The van der Waals surface area contributed by atoms with Crippen LogP contribution in [0.5, 0.6) is 0 Å². The van der Waals surface area contributed by atoms with E-state index in [0.29, 0.717) is 19.4 Å². The third kappa shape index (κ3) is 4.87. The number of thiophene rings is 1. The van der Waals surface area contributed by atoms with Crippen molar-refractivity contribution in [2.75, 3.05) is 19.6 Å². The zero-order valence-corrected chi connectivity index (χ0v) is 16.9. The molecule has 1 aliphatic rings. The predicted molar refractivity (Wildman–Crippen MR) is 104 cm³/mol. The number of amides is 1. The van der Waals surface area contributed by atoms with Gasteiger partial charge in [-0.25, -0.2) is 12.8 Å². The lowest BCUT2D eigenvalue weighted by molar-refractivity contribution is -0.126. The molecule has 2 aromatic rings. The van der Waals surface area contributed by atoms with Gasteiger partial charge in [-0.15, -0.1) is 11.3 Å². The van der Waals surface area contributed by atoms with Crippen LogP contribution in [-0.2, 0) is 21.2 Å². The van der Waals surface area contributed by atoms with Gasteiger partial charge in [0.25, 0.3) is 0 Å². The van der Waals surface area contributed by atoms with Crippen molar-refractivity contribution in [3.05, 3.63) is 51.4 Å². The Morgan fingerprint density at radius 3 is 2.67 bits per heavy atom. The number of sulfonamides is 1. The van der Waals surface area contributed by atoms with Crippen LogP contribution >= 0.6 is 22.9 Å². The van der Waals surface area contributed by atoms with Crippen LogP contribution in [0.2, 0.25) is 5.02 Å². The summed E-state index contributed by atoms with van der Waals surface area (Å²) in [6.45, 7) is 1.08. The number of hydrogen-bond acceptors (Lipinski definition) is 4. The monoisotopic (exact) mass is 430 g/mol. The largest absolute Gasteiger partial charge is 0.355 e. The minimum Gasteiger partial charge on any atom is -0.355 e. The van der Waals surface area contributed by atoms with E-state index in [1.165, 1.54) is 15.2 Å². The van der Waals surface area contributed by atoms with Crippen molar-refractivity contribution in [3.8, 4) is 0 Å². The van der Waals surface area contributed by atoms with E-state index in [-0.39, 0.29) is 34.8 Å². The molecule has 0 aliphatic carbocycles. The van der Waals surface area contributed by atoms with Gasteiger partial charge < -0.3 is 5.32 Å². The predicted octanol–water partition coefficient (Wildman–Crippen LogP) is 3.30. The maximum Gasteiger partial charge on any atom is 0.243 e. The molecular weight excluding hydrogens is 411 g/mol. The highest BCUT2D eigenvalue weighted by Crippen LogP contribution is 2.26. The molecule has 1 aromatic carbocycles. The van der Waals surface area contributed by atoms with Crippen LogP contribution in [0.1, 0.15) is 17.7 Å². The molecule has 0 saturated carbocycles. The number of halogens is 2. The molecule has 1 saturated heterocycles. The zero-order chi connectivity index (χ0) is 19.4. The van der Waals surface area contributed by atoms with Gasteiger partial charge in [0.2, 0.25) is 15.9 Å². The number of nitrogens with one attached hydrogen (secondary N) is 1. The molecule has 1 aliphatic heterocycles. The van der Waals surface area contributed by atoms with Crippen molar-refractivity contribution < 1.29 is 17.6 Å². The Kier molecular flexibility index (Phi) is 6.52. The normalized spacial score (nSPS) is 16.4. The second-order valence-electron chi connectivity index (χ2n) is 6.37. The summed E-state index contributed by atoms with van der Waals surface area (Å²) in [6.07, 6.45) is 1.71. The van der Waals surface area contributed by atoms with Crippen LogP contribution in [0.4, 0.5) is 4.39 Å². The van der Waals surface area contributed by atoms with Crippen LogP contribution in [0, 0.1) is 11.7 Å². The lowest BCUT2D eigenvalue weighted by Gasteiger charge is -2.30. The Labute approximate surface area is 167 Å². The molecule has 2 heterocycles. The second kappa shape index (κ2) is 8.68. The van der Waals surface area contributed by atoms with Crippen LogP contribution in [-0.4, -0.2) is 38.3 Å². The van der Waals surface area contributed by atoms with Gasteiger partial charge in [0.1, 0.15) is 5.82 Å². The fourth-order valence-corrected chi connectivity index (χ4v) is 5.50. The van der Waals surface area contributed by atoms with Crippen LogP contribution < -0.4 is 5.32 Å². The Bertz CT molecular complexity index is 895. The fourth-order valence-electron chi connectivity index (χ4n) is 3.05. The average molecular weight is 431 g/mol. The van der Waals surface area contributed by atoms with Gasteiger partial charge in [-0.05, 0) is 48.9 Å². The fraction of sp³-hybridized carbons (Fsp3) is 0.389. The molecule has 0 atom stereocenters. The summed E-state index contributed by atoms with van der Waals surface area (Å²) in [5.41, 5.74) is 0. The summed E-state index contributed by atoms with van der Waals surface area (Å²) >= 11 is 7.35. The first kappa shape index (κ1) is 20.3. The van der Waals surface area contributed by atoms with E-state index in [1.54, 1.807) is 11.3 Å². The van der Waals surface area contributed by atoms with Crippen LogP contribution in [0.15, 0.2) is 40.6 Å². The van der Waals surface area contributed by atoms with E-state index < -0.39 is 15.8 Å². The van der Waals surface area contributed by atoms with Crippen molar-refractivity contribution in [1.29, 1.82) is 0 Å². The minimum atomic E-state index is -3.75. The second-order valence-corrected chi connectivity index (χ2v) is 9.75. The molecular formula is C18H20ClFN2O3S2. The molecule has 0 radical (unpaired) electrons. The third-order valence-electron chi connectivity index (χ3n) is 4.60. The van der Waals surface area contributed by atoms with Gasteiger partial charge in [0.05, 0.1) is 9.92 Å². The summed E-state index contributed by atoms with van der Waals surface area (Å²) in [7, 11) is -3.75. The van der Waals surface area contributed by atoms with Gasteiger partial charge in [0.15, 0.2) is 0 Å². The Hall–Kier alpha value is -1.48. The smallest absolute Gasteiger partial charge is 0.243 e. The highest BCUT2D eigenvalue weighted by Gasteiger charge is 2.32. The maximum atomic E-state index is 13.3. The van der Waals surface area contributed by atoms with Crippen molar-refractivity contribution in [2.24, 2.45) is 5.92 Å². The van der Waals surface area contributed by atoms with Gasteiger partial charge in [-0.2, -0.15) is 4.31 Å². The molecule has 146 valence electrons. The van der Waals surface area contributed by atoms with Crippen molar-refractivity contribution in [3.63, 3.8) is 0 Å². The van der Waals surface area contributed by atoms with Crippen molar-refractivity contribution in [2.45, 2.75) is 24.2 Å². The SMILES string of the molecule is O=C(NCCc1cccs1)C1CCN(S(=O)(=O)c2ccc(F)c(Cl)c2)CC1. The first-order chi connectivity index (χ1) is 12.9. The number of rotatable bonds is 6. The Balaban J connectivity index is 1.53. The number of hydrogen-bond donors (Lipinski definition) is 1. The van der Waals surface area contributed by atoms with E-state index >= 15 is 0 Å². The third-order valence-corrected chi connectivity index (χ3v) is 7.72. The number of piperidine rings is 1. The topological polar surface area (TPSA) is 66.5 Å². The molecule has 3 rings (SSSR count). The average Bonchev–Trinajstić information content (AvgIpc) is 3.17. The summed E-state index contributed by atoms with van der Waals surface area (Å²) in [5.74, 6) is -0.890. The molecule has 1 N–H and O–H groups in total. The van der Waals surface area contributed by atoms with E-state index in [4.69, 9.17) is 11.6 Å². The van der Waals surface area contributed by atoms with Gasteiger partial charge in [-0.1, -0.05) is 17.7 Å². The van der Waals surface area contributed by atoms with E-state index in [1.807, 2.05) is 17.5 Å². The molecule has 1 amide bonds.